The van der Waals surface area contributed by atoms with Crippen LogP contribution in [-0.4, -0.2) is 17.6 Å². The molecule has 3 nitrogen and oxygen atoms in total. The van der Waals surface area contributed by atoms with Crippen LogP contribution < -0.4 is 4.74 Å². The van der Waals surface area contributed by atoms with Gasteiger partial charge >= 0.3 is 6.18 Å². The number of carbonyl (C=O) groups is 1. The summed E-state index contributed by atoms with van der Waals surface area (Å²) in [4.78, 5) is 12.7. The van der Waals surface area contributed by atoms with Gasteiger partial charge in [-0.2, -0.15) is 13.2 Å². The highest BCUT2D eigenvalue weighted by Crippen LogP contribution is 2.30. The first-order valence-electron chi connectivity index (χ1n) is 7.11. The number of fused-ring (bicyclic) bond motifs is 1. The molecule has 0 N–H and O–H groups in total. The molecule has 6 heteroatoms. The molecule has 0 aliphatic heterocycles. The van der Waals surface area contributed by atoms with E-state index in [9.17, 15) is 18.0 Å². The molecule has 1 radical (unpaired) electrons. The fraction of sp³-hybridized carbons (Fsp3) is 0.167. The summed E-state index contributed by atoms with van der Waals surface area (Å²) < 4.78 is 44.5. The summed E-state index contributed by atoms with van der Waals surface area (Å²) in [7, 11) is 1.54. The van der Waals surface area contributed by atoms with Crippen molar-refractivity contribution in [3.05, 3.63) is 65.4 Å². The lowest BCUT2D eigenvalue weighted by atomic mass is 10.1. The van der Waals surface area contributed by atoms with Crippen LogP contribution in [0.3, 0.4) is 0 Å². The van der Waals surface area contributed by atoms with Gasteiger partial charge in [0.25, 0.3) is 5.91 Å². The number of aromatic nitrogens is 1. The van der Waals surface area contributed by atoms with Crippen LogP contribution in [0.4, 0.5) is 13.2 Å². The van der Waals surface area contributed by atoms with Gasteiger partial charge in [-0.3, -0.25) is 9.36 Å². The number of hydrogen-bond donors (Lipinski definition) is 0. The molecule has 123 valence electrons. The van der Waals surface area contributed by atoms with Gasteiger partial charge in [-0.05, 0) is 49.4 Å². The Balaban J connectivity index is 2.04. The van der Waals surface area contributed by atoms with Crippen molar-refractivity contribution in [1.82, 2.24) is 4.57 Å². The van der Waals surface area contributed by atoms with Gasteiger partial charge in [-0.15, -0.1) is 0 Å². The molecule has 0 aliphatic rings. The number of benzene rings is 2. The molecule has 1 heterocycles. The lowest BCUT2D eigenvalue weighted by molar-refractivity contribution is -0.137. The first kappa shape index (κ1) is 16.1. The van der Waals surface area contributed by atoms with Crippen LogP contribution in [0.5, 0.6) is 5.75 Å². The van der Waals surface area contributed by atoms with E-state index in [0.717, 1.165) is 12.1 Å². The van der Waals surface area contributed by atoms with Crippen LogP contribution in [0.15, 0.2) is 42.5 Å². The van der Waals surface area contributed by atoms with E-state index in [4.69, 9.17) is 4.74 Å². The quantitative estimate of drug-likeness (QED) is 0.693. The van der Waals surface area contributed by atoms with Gasteiger partial charge in [0.05, 0.1) is 18.2 Å². The fourth-order valence-corrected chi connectivity index (χ4v) is 2.56. The van der Waals surface area contributed by atoms with Gasteiger partial charge in [0.15, 0.2) is 0 Å². The number of nitrogens with zero attached hydrogens (tertiary/aromatic N) is 1. The Morgan fingerprint density at radius 2 is 1.79 bits per heavy atom. The average molecular weight is 332 g/mol. The molecule has 0 bridgehead atoms. The standard InChI is InChI=1S/C18H13F3NO2/c1-11-9-13-10-15(24-2)7-8-16(13)22(11)17(23)12-3-5-14(6-4-12)18(19,20)21/h3-8,10H,1-2H3. The van der Waals surface area contributed by atoms with Crippen LogP contribution >= 0.6 is 0 Å². The lowest BCUT2D eigenvalue weighted by Gasteiger charge is -2.09. The molecule has 0 fully saturated rings. The van der Waals surface area contributed by atoms with E-state index in [1.165, 1.54) is 16.7 Å². The smallest absolute Gasteiger partial charge is 0.416 e. The third-order valence-corrected chi connectivity index (χ3v) is 3.76. The molecule has 0 unspecified atom stereocenters. The van der Waals surface area contributed by atoms with Crippen molar-refractivity contribution >= 4 is 16.8 Å². The Hall–Kier alpha value is -2.76. The largest absolute Gasteiger partial charge is 0.497 e. The highest BCUT2D eigenvalue weighted by Gasteiger charge is 2.30. The predicted octanol–water partition coefficient (Wildman–Crippen LogP) is 4.47. The summed E-state index contributed by atoms with van der Waals surface area (Å²) in [6.07, 6.45) is -4.43. The monoisotopic (exact) mass is 332 g/mol. The van der Waals surface area contributed by atoms with Gasteiger partial charge in [-0.1, -0.05) is 0 Å². The second-order valence-corrected chi connectivity index (χ2v) is 5.31. The Morgan fingerprint density at radius 3 is 2.38 bits per heavy atom. The van der Waals surface area contributed by atoms with Crippen molar-refractivity contribution in [1.29, 1.82) is 0 Å². The number of carbonyl (C=O) groups excluding carboxylic acids is 1. The SMILES string of the molecule is COc1ccc2c([c]c(C)n2C(=O)c2ccc(C(F)(F)F)cc2)c1. The fourth-order valence-electron chi connectivity index (χ4n) is 2.56. The highest BCUT2D eigenvalue weighted by molar-refractivity contribution is 6.03. The second kappa shape index (κ2) is 5.70. The average Bonchev–Trinajstić information content (AvgIpc) is 2.88. The van der Waals surface area contributed by atoms with Crippen molar-refractivity contribution in [3.8, 4) is 5.75 Å². The van der Waals surface area contributed by atoms with E-state index >= 15 is 0 Å². The normalized spacial score (nSPS) is 11.7. The third kappa shape index (κ3) is 2.75. The van der Waals surface area contributed by atoms with Crippen LogP contribution in [0.1, 0.15) is 21.6 Å². The number of methoxy groups -OCH3 is 1. The second-order valence-electron chi connectivity index (χ2n) is 5.31. The van der Waals surface area contributed by atoms with Gasteiger partial charge in [0, 0.05) is 22.7 Å². The van der Waals surface area contributed by atoms with Gasteiger partial charge in [-0.25, -0.2) is 0 Å². The summed E-state index contributed by atoms with van der Waals surface area (Å²) in [5, 5.41) is 0.701. The highest BCUT2D eigenvalue weighted by atomic mass is 19.4. The molecule has 0 amide bonds. The van der Waals surface area contributed by atoms with E-state index in [0.29, 0.717) is 22.3 Å². The first-order chi connectivity index (χ1) is 11.3. The van der Waals surface area contributed by atoms with Gasteiger partial charge < -0.3 is 4.74 Å². The van der Waals surface area contributed by atoms with Crippen molar-refractivity contribution < 1.29 is 22.7 Å². The number of alkyl halides is 3. The molecule has 0 aliphatic carbocycles. The van der Waals surface area contributed by atoms with E-state index in [1.54, 1.807) is 32.2 Å². The minimum atomic E-state index is -4.43. The minimum Gasteiger partial charge on any atom is -0.497 e. The summed E-state index contributed by atoms with van der Waals surface area (Å²) in [6, 6.07) is 12.4. The molecule has 3 aromatic rings. The minimum absolute atomic E-state index is 0.174. The Morgan fingerprint density at radius 1 is 1.12 bits per heavy atom. The van der Waals surface area contributed by atoms with Gasteiger partial charge in [0.2, 0.25) is 0 Å². The molecule has 24 heavy (non-hydrogen) atoms. The van der Waals surface area contributed by atoms with Crippen molar-refractivity contribution in [2.45, 2.75) is 13.1 Å². The number of aryl methyl sites for hydroxylation is 1. The lowest BCUT2D eigenvalue weighted by Crippen LogP contribution is -2.14. The zero-order valence-electron chi connectivity index (χ0n) is 12.9. The molecule has 0 saturated heterocycles. The number of halogens is 3. The Kier molecular flexibility index (Phi) is 3.83. The summed E-state index contributed by atoms with van der Waals surface area (Å²) >= 11 is 0. The molecule has 0 saturated carbocycles. The number of ether oxygens (including phenoxy) is 1. The summed E-state index contributed by atoms with van der Waals surface area (Å²) in [6.45, 7) is 1.72. The van der Waals surface area contributed by atoms with Crippen LogP contribution in [0, 0.1) is 13.0 Å². The van der Waals surface area contributed by atoms with Crippen LogP contribution in [-0.2, 0) is 6.18 Å². The molecular formula is C18H13F3NO2. The maximum absolute atomic E-state index is 12.7. The molecule has 2 aromatic carbocycles. The van der Waals surface area contributed by atoms with Crippen molar-refractivity contribution in [2.24, 2.45) is 0 Å². The van der Waals surface area contributed by atoms with E-state index < -0.39 is 17.6 Å². The Bertz CT molecular complexity index is 908. The molecule has 3 rings (SSSR count). The molecular weight excluding hydrogens is 319 g/mol. The van der Waals surface area contributed by atoms with E-state index in [-0.39, 0.29) is 5.56 Å². The zero-order chi connectivity index (χ0) is 17.5. The topological polar surface area (TPSA) is 31.2 Å². The number of rotatable bonds is 2. The maximum Gasteiger partial charge on any atom is 0.416 e. The molecule has 1 aromatic heterocycles. The van der Waals surface area contributed by atoms with Crippen LogP contribution in [0.25, 0.3) is 10.9 Å². The van der Waals surface area contributed by atoms with E-state index in [2.05, 4.69) is 6.07 Å². The van der Waals surface area contributed by atoms with Crippen molar-refractivity contribution in [3.63, 3.8) is 0 Å². The van der Waals surface area contributed by atoms with Gasteiger partial charge in [0.1, 0.15) is 5.75 Å². The third-order valence-electron chi connectivity index (χ3n) is 3.76. The van der Waals surface area contributed by atoms with Crippen LogP contribution in [0.2, 0.25) is 0 Å². The van der Waals surface area contributed by atoms with Crippen molar-refractivity contribution in [2.75, 3.05) is 7.11 Å². The maximum atomic E-state index is 12.7. The first-order valence-corrected chi connectivity index (χ1v) is 7.11. The number of hydrogen-bond acceptors (Lipinski definition) is 2. The zero-order valence-corrected chi connectivity index (χ0v) is 12.9. The summed E-state index contributed by atoms with van der Waals surface area (Å²) in [5.74, 6) is 0.232. The molecule has 0 spiro atoms. The molecule has 0 atom stereocenters. The predicted molar refractivity (Wildman–Crippen MR) is 83.2 cm³/mol. The summed E-state index contributed by atoms with van der Waals surface area (Å²) in [5.41, 5.74) is 0.582. The Labute approximate surface area is 136 Å². The van der Waals surface area contributed by atoms with E-state index in [1.807, 2.05) is 0 Å².